The van der Waals surface area contributed by atoms with Crippen LogP contribution >= 0.6 is 0 Å². The quantitative estimate of drug-likeness (QED) is 0.852. The molecule has 0 radical (unpaired) electrons. The van der Waals surface area contributed by atoms with Gasteiger partial charge in [0.15, 0.2) is 0 Å². The third-order valence-corrected chi connectivity index (χ3v) is 3.87. The molecule has 3 nitrogen and oxygen atoms in total. The summed E-state index contributed by atoms with van der Waals surface area (Å²) in [6.07, 6.45) is 2.22. The van der Waals surface area contributed by atoms with E-state index in [2.05, 4.69) is 11.9 Å². The fourth-order valence-electron chi connectivity index (χ4n) is 2.80. The SMILES string of the molecule is Cc1ccc(F)c(-c2nc3n(c2N)CCCC3C)c1. The van der Waals surface area contributed by atoms with Crippen molar-refractivity contribution in [1.29, 1.82) is 0 Å². The van der Waals surface area contributed by atoms with Crippen LogP contribution in [-0.2, 0) is 6.54 Å². The van der Waals surface area contributed by atoms with Crippen molar-refractivity contribution in [2.24, 2.45) is 0 Å². The fraction of sp³-hybridized carbons (Fsp3) is 0.400. The molecule has 1 aromatic carbocycles. The van der Waals surface area contributed by atoms with Gasteiger partial charge in [-0.1, -0.05) is 18.6 Å². The van der Waals surface area contributed by atoms with Crippen molar-refractivity contribution in [3.63, 3.8) is 0 Å². The fourth-order valence-corrected chi connectivity index (χ4v) is 2.80. The number of imidazole rings is 1. The topological polar surface area (TPSA) is 43.8 Å². The van der Waals surface area contributed by atoms with E-state index in [1.54, 1.807) is 6.07 Å². The Balaban J connectivity index is 2.18. The second kappa shape index (κ2) is 4.37. The van der Waals surface area contributed by atoms with Gasteiger partial charge >= 0.3 is 0 Å². The Morgan fingerprint density at radius 2 is 2.21 bits per heavy atom. The van der Waals surface area contributed by atoms with E-state index in [4.69, 9.17) is 5.73 Å². The highest BCUT2D eigenvalue weighted by Gasteiger charge is 2.24. The summed E-state index contributed by atoms with van der Waals surface area (Å²) in [4.78, 5) is 4.60. The summed E-state index contributed by atoms with van der Waals surface area (Å²) in [7, 11) is 0. The molecule has 0 amide bonds. The smallest absolute Gasteiger partial charge is 0.132 e. The van der Waals surface area contributed by atoms with E-state index in [0.29, 0.717) is 23.0 Å². The second-order valence-corrected chi connectivity index (χ2v) is 5.38. The van der Waals surface area contributed by atoms with Gasteiger partial charge in [0.2, 0.25) is 0 Å². The predicted octanol–water partition coefficient (Wildman–Crippen LogP) is 3.48. The highest BCUT2D eigenvalue weighted by atomic mass is 19.1. The van der Waals surface area contributed by atoms with E-state index in [-0.39, 0.29) is 5.82 Å². The number of fused-ring (bicyclic) bond motifs is 1. The lowest BCUT2D eigenvalue weighted by atomic mass is 10.0. The molecule has 2 heterocycles. The number of anilines is 1. The Morgan fingerprint density at radius 1 is 1.42 bits per heavy atom. The molecule has 0 saturated heterocycles. The minimum atomic E-state index is -0.264. The Kier molecular flexibility index (Phi) is 2.81. The minimum Gasteiger partial charge on any atom is -0.383 e. The summed E-state index contributed by atoms with van der Waals surface area (Å²) in [5.74, 6) is 1.70. The van der Waals surface area contributed by atoms with Crippen molar-refractivity contribution in [1.82, 2.24) is 9.55 Å². The number of aryl methyl sites for hydroxylation is 1. The molecular formula is C15H18FN3. The maximum Gasteiger partial charge on any atom is 0.132 e. The van der Waals surface area contributed by atoms with Gasteiger partial charge in [0.05, 0.1) is 0 Å². The van der Waals surface area contributed by atoms with E-state index < -0.39 is 0 Å². The van der Waals surface area contributed by atoms with Gasteiger partial charge in [-0.2, -0.15) is 0 Å². The maximum atomic E-state index is 14.0. The zero-order valence-electron chi connectivity index (χ0n) is 11.3. The molecule has 1 aliphatic rings. The van der Waals surface area contributed by atoms with E-state index in [0.717, 1.165) is 30.8 Å². The molecule has 1 unspecified atom stereocenters. The lowest BCUT2D eigenvalue weighted by Crippen LogP contribution is -2.15. The molecule has 0 fully saturated rings. The number of hydrogen-bond donors (Lipinski definition) is 1. The van der Waals surface area contributed by atoms with Crippen LogP contribution in [0.1, 0.15) is 37.1 Å². The van der Waals surface area contributed by atoms with Crippen molar-refractivity contribution in [3.05, 3.63) is 35.4 Å². The second-order valence-electron chi connectivity index (χ2n) is 5.38. The normalized spacial score (nSPS) is 18.4. The van der Waals surface area contributed by atoms with E-state index in [9.17, 15) is 4.39 Å². The van der Waals surface area contributed by atoms with Crippen LogP contribution in [0.25, 0.3) is 11.3 Å². The summed E-state index contributed by atoms with van der Waals surface area (Å²) in [5.41, 5.74) is 8.27. The van der Waals surface area contributed by atoms with Crippen LogP contribution in [0, 0.1) is 12.7 Å². The first kappa shape index (κ1) is 12.2. The lowest BCUT2D eigenvalue weighted by molar-refractivity contribution is 0.467. The molecule has 1 atom stereocenters. The van der Waals surface area contributed by atoms with Crippen LogP contribution in [-0.4, -0.2) is 9.55 Å². The number of halogens is 1. The number of hydrogen-bond acceptors (Lipinski definition) is 2. The molecule has 1 aromatic heterocycles. The first-order valence-corrected chi connectivity index (χ1v) is 6.70. The minimum absolute atomic E-state index is 0.264. The van der Waals surface area contributed by atoms with Crippen molar-refractivity contribution in [2.75, 3.05) is 5.73 Å². The molecule has 2 N–H and O–H groups in total. The molecule has 2 aromatic rings. The van der Waals surface area contributed by atoms with Gasteiger partial charge < -0.3 is 10.3 Å². The van der Waals surface area contributed by atoms with Crippen LogP contribution in [0.4, 0.5) is 10.2 Å². The standard InChI is InChI=1S/C15H18FN3/c1-9-5-6-12(16)11(8-9)13-14(17)19-7-3-4-10(2)15(19)18-13/h5-6,8,10H,3-4,7,17H2,1-2H3. The molecule has 0 bridgehead atoms. The van der Waals surface area contributed by atoms with E-state index >= 15 is 0 Å². The Morgan fingerprint density at radius 3 is 2.95 bits per heavy atom. The van der Waals surface area contributed by atoms with Crippen LogP contribution in [0.5, 0.6) is 0 Å². The molecule has 4 heteroatoms. The first-order valence-electron chi connectivity index (χ1n) is 6.70. The van der Waals surface area contributed by atoms with Crippen LogP contribution < -0.4 is 5.73 Å². The number of rotatable bonds is 1. The molecule has 0 aliphatic carbocycles. The van der Waals surface area contributed by atoms with Crippen molar-refractivity contribution in [3.8, 4) is 11.3 Å². The monoisotopic (exact) mass is 259 g/mol. The van der Waals surface area contributed by atoms with Gasteiger partial charge in [-0.05, 0) is 31.9 Å². The summed E-state index contributed by atoms with van der Waals surface area (Å²) in [6.45, 7) is 4.97. The van der Waals surface area contributed by atoms with Gasteiger partial charge in [-0.25, -0.2) is 9.37 Å². The predicted molar refractivity (Wildman–Crippen MR) is 74.4 cm³/mol. The third kappa shape index (κ3) is 1.91. The largest absolute Gasteiger partial charge is 0.383 e. The molecule has 100 valence electrons. The summed E-state index contributed by atoms with van der Waals surface area (Å²) in [5, 5.41) is 0. The zero-order valence-corrected chi connectivity index (χ0v) is 11.3. The first-order chi connectivity index (χ1) is 9.08. The molecule has 3 rings (SSSR count). The van der Waals surface area contributed by atoms with Gasteiger partial charge in [0.1, 0.15) is 23.2 Å². The van der Waals surface area contributed by atoms with Gasteiger partial charge in [0.25, 0.3) is 0 Å². The zero-order chi connectivity index (χ0) is 13.6. The van der Waals surface area contributed by atoms with Crippen molar-refractivity contribution >= 4 is 5.82 Å². The number of nitrogens with zero attached hydrogens (tertiary/aromatic N) is 2. The van der Waals surface area contributed by atoms with Gasteiger partial charge in [-0.3, -0.25) is 0 Å². The summed E-state index contributed by atoms with van der Waals surface area (Å²) >= 11 is 0. The molecule has 19 heavy (non-hydrogen) atoms. The molecule has 0 saturated carbocycles. The molecule has 0 spiro atoms. The Hall–Kier alpha value is -1.84. The van der Waals surface area contributed by atoms with Crippen LogP contribution in [0.2, 0.25) is 0 Å². The molecule has 1 aliphatic heterocycles. The van der Waals surface area contributed by atoms with E-state index in [1.807, 2.05) is 17.6 Å². The number of benzene rings is 1. The van der Waals surface area contributed by atoms with Gasteiger partial charge in [0, 0.05) is 18.0 Å². The lowest BCUT2D eigenvalue weighted by Gasteiger charge is -2.20. The molecular weight excluding hydrogens is 241 g/mol. The summed E-state index contributed by atoms with van der Waals surface area (Å²) in [6, 6.07) is 5.05. The average molecular weight is 259 g/mol. The summed E-state index contributed by atoms with van der Waals surface area (Å²) < 4.78 is 16.0. The van der Waals surface area contributed by atoms with Crippen LogP contribution in [0.15, 0.2) is 18.2 Å². The Labute approximate surface area is 112 Å². The van der Waals surface area contributed by atoms with Crippen LogP contribution in [0.3, 0.4) is 0 Å². The Bertz CT molecular complexity index is 631. The third-order valence-electron chi connectivity index (χ3n) is 3.87. The number of nitrogen functional groups attached to an aromatic ring is 1. The van der Waals surface area contributed by atoms with Gasteiger partial charge in [-0.15, -0.1) is 0 Å². The maximum absolute atomic E-state index is 14.0. The average Bonchev–Trinajstić information content (AvgIpc) is 2.72. The van der Waals surface area contributed by atoms with Crippen molar-refractivity contribution in [2.45, 2.75) is 39.2 Å². The number of aromatic nitrogens is 2. The highest BCUT2D eigenvalue weighted by molar-refractivity contribution is 5.72. The highest BCUT2D eigenvalue weighted by Crippen LogP contribution is 2.35. The van der Waals surface area contributed by atoms with Crippen molar-refractivity contribution < 1.29 is 4.39 Å². The number of nitrogens with two attached hydrogens (primary N) is 1. The van der Waals surface area contributed by atoms with E-state index in [1.165, 1.54) is 6.07 Å².